The normalized spacial score (nSPS) is 14.4. The van der Waals surface area contributed by atoms with Crippen molar-refractivity contribution >= 4 is 28.4 Å². The lowest BCUT2D eigenvalue weighted by Crippen LogP contribution is -2.19. The first kappa shape index (κ1) is 25.5. The predicted octanol–water partition coefficient (Wildman–Crippen LogP) is 10.7. The molecule has 0 heterocycles. The van der Waals surface area contributed by atoms with Gasteiger partial charge >= 0.3 is 0 Å². The Kier molecular flexibility index (Phi) is 7.32. The number of para-hydroxylation sites is 2. The van der Waals surface area contributed by atoms with Crippen LogP contribution in [0.5, 0.6) is 0 Å². The molecule has 1 atom stereocenters. The fraction of sp³-hybridized carbons (Fsp3) is 0.105. The van der Waals surface area contributed by atoms with Gasteiger partial charge in [0, 0.05) is 34.1 Å². The topological polar surface area (TPSA) is 6.48 Å². The molecule has 0 N–H and O–H groups in total. The van der Waals surface area contributed by atoms with Crippen molar-refractivity contribution in [1.29, 1.82) is 0 Å². The van der Waals surface area contributed by atoms with E-state index in [2.05, 4.69) is 175 Å². The Labute approximate surface area is 238 Å². The standard InChI is InChI=1S/C38H34N2/c1-29-11-9-17-37(27-29)39(33-13-5-3-6-14-33)35-23-19-31(20-24-35)32-21-25-36(26-22-32)40(34-15-7-4-8-16-34)38-18-10-12-30(2)28-38/h3-27,30H,28H2,1-2H3. The van der Waals surface area contributed by atoms with Gasteiger partial charge in [-0.1, -0.05) is 91.9 Å². The van der Waals surface area contributed by atoms with E-state index in [1.807, 2.05) is 0 Å². The molecule has 196 valence electrons. The largest absolute Gasteiger partial charge is 0.314 e. The number of hydrogen-bond acceptors (Lipinski definition) is 2. The van der Waals surface area contributed by atoms with E-state index in [9.17, 15) is 0 Å². The highest BCUT2D eigenvalue weighted by Gasteiger charge is 2.18. The zero-order valence-electron chi connectivity index (χ0n) is 23.1. The van der Waals surface area contributed by atoms with Gasteiger partial charge in [0.1, 0.15) is 0 Å². The summed E-state index contributed by atoms with van der Waals surface area (Å²) in [5.74, 6) is 0.527. The molecule has 0 saturated carbocycles. The smallest absolute Gasteiger partial charge is 0.0464 e. The van der Waals surface area contributed by atoms with Crippen molar-refractivity contribution in [1.82, 2.24) is 0 Å². The number of nitrogens with zero attached hydrogens (tertiary/aromatic N) is 2. The summed E-state index contributed by atoms with van der Waals surface area (Å²) in [5, 5.41) is 0. The van der Waals surface area contributed by atoms with E-state index in [4.69, 9.17) is 0 Å². The molecular formula is C38H34N2. The highest BCUT2D eigenvalue weighted by Crippen LogP contribution is 2.37. The Hall–Kier alpha value is -4.82. The van der Waals surface area contributed by atoms with Gasteiger partial charge in [-0.3, -0.25) is 0 Å². The summed E-state index contributed by atoms with van der Waals surface area (Å²) in [7, 11) is 0. The number of hydrogen-bond donors (Lipinski definition) is 0. The van der Waals surface area contributed by atoms with Crippen LogP contribution in [-0.2, 0) is 0 Å². The van der Waals surface area contributed by atoms with E-state index in [1.165, 1.54) is 33.8 Å². The van der Waals surface area contributed by atoms with Gasteiger partial charge in [0.2, 0.25) is 0 Å². The molecule has 1 unspecified atom stereocenters. The van der Waals surface area contributed by atoms with Gasteiger partial charge in [0.15, 0.2) is 0 Å². The third-order valence-corrected chi connectivity index (χ3v) is 7.42. The summed E-state index contributed by atoms with van der Waals surface area (Å²) in [6.45, 7) is 4.41. The van der Waals surface area contributed by atoms with Crippen molar-refractivity contribution in [3.8, 4) is 11.1 Å². The molecule has 2 nitrogen and oxygen atoms in total. The van der Waals surface area contributed by atoms with Crippen LogP contribution in [0.15, 0.2) is 157 Å². The highest BCUT2D eigenvalue weighted by atomic mass is 15.2. The van der Waals surface area contributed by atoms with Gasteiger partial charge in [-0.2, -0.15) is 0 Å². The van der Waals surface area contributed by atoms with Crippen molar-refractivity contribution in [2.75, 3.05) is 9.80 Å². The molecule has 40 heavy (non-hydrogen) atoms. The van der Waals surface area contributed by atoms with Crippen LogP contribution in [0.3, 0.4) is 0 Å². The van der Waals surface area contributed by atoms with E-state index in [-0.39, 0.29) is 0 Å². The molecule has 0 aromatic heterocycles. The second kappa shape index (κ2) is 11.5. The Morgan fingerprint density at radius 2 is 1.02 bits per heavy atom. The van der Waals surface area contributed by atoms with Crippen LogP contribution in [0.4, 0.5) is 28.4 Å². The van der Waals surface area contributed by atoms with Crippen molar-refractivity contribution < 1.29 is 0 Å². The Balaban J connectivity index is 1.31. The van der Waals surface area contributed by atoms with Crippen molar-refractivity contribution in [3.63, 3.8) is 0 Å². The van der Waals surface area contributed by atoms with Crippen LogP contribution in [0.25, 0.3) is 11.1 Å². The van der Waals surface area contributed by atoms with E-state index in [0.717, 1.165) is 23.5 Å². The van der Waals surface area contributed by atoms with E-state index in [0.29, 0.717) is 5.92 Å². The quantitative estimate of drug-likeness (QED) is 0.211. The summed E-state index contributed by atoms with van der Waals surface area (Å²) >= 11 is 0. The molecule has 0 radical (unpaired) electrons. The maximum atomic E-state index is 2.38. The summed E-state index contributed by atoms with van der Waals surface area (Å²) in [4.78, 5) is 4.69. The Morgan fingerprint density at radius 1 is 0.525 bits per heavy atom. The van der Waals surface area contributed by atoms with Crippen molar-refractivity contribution in [2.24, 2.45) is 5.92 Å². The second-order valence-corrected chi connectivity index (χ2v) is 10.5. The fourth-order valence-electron chi connectivity index (χ4n) is 5.44. The lowest BCUT2D eigenvalue weighted by molar-refractivity contribution is 0.696. The van der Waals surface area contributed by atoms with Crippen molar-refractivity contribution in [3.05, 3.63) is 163 Å². The van der Waals surface area contributed by atoms with Gasteiger partial charge in [0.05, 0.1) is 0 Å². The number of anilines is 5. The zero-order chi connectivity index (χ0) is 27.3. The first-order valence-electron chi connectivity index (χ1n) is 14.0. The third kappa shape index (κ3) is 5.48. The number of benzene rings is 5. The van der Waals surface area contributed by atoms with Gasteiger partial charge in [-0.15, -0.1) is 0 Å². The van der Waals surface area contributed by atoms with Crippen LogP contribution in [-0.4, -0.2) is 0 Å². The molecule has 5 aromatic rings. The highest BCUT2D eigenvalue weighted by molar-refractivity contribution is 5.79. The first-order valence-corrected chi connectivity index (χ1v) is 14.0. The van der Waals surface area contributed by atoms with Gasteiger partial charge in [-0.05, 0) is 103 Å². The minimum Gasteiger partial charge on any atom is -0.314 e. The third-order valence-electron chi connectivity index (χ3n) is 7.42. The summed E-state index contributed by atoms with van der Waals surface area (Å²) in [6, 6.07) is 47.7. The predicted molar refractivity (Wildman–Crippen MR) is 171 cm³/mol. The van der Waals surface area contributed by atoms with Crippen LogP contribution in [0, 0.1) is 12.8 Å². The second-order valence-electron chi connectivity index (χ2n) is 10.5. The van der Waals surface area contributed by atoms with Gasteiger partial charge in [-0.25, -0.2) is 0 Å². The maximum Gasteiger partial charge on any atom is 0.0464 e. The Morgan fingerprint density at radius 3 is 1.57 bits per heavy atom. The number of allylic oxidation sites excluding steroid dienone is 4. The Bertz CT molecular complexity index is 1620. The van der Waals surface area contributed by atoms with Crippen LogP contribution < -0.4 is 9.80 Å². The molecule has 0 amide bonds. The van der Waals surface area contributed by atoms with E-state index >= 15 is 0 Å². The average Bonchev–Trinajstić information content (AvgIpc) is 3.00. The van der Waals surface area contributed by atoms with Crippen LogP contribution in [0.1, 0.15) is 18.9 Å². The van der Waals surface area contributed by atoms with E-state index in [1.54, 1.807) is 0 Å². The first-order chi connectivity index (χ1) is 19.7. The zero-order valence-corrected chi connectivity index (χ0v) is 23.1. The molecule has 1 aliphatic carbocycles. The SMILES string of the molecule is Cc1cccc(N(c2ccccc2)c2ccc(-c3ccc(N(C4=CC=CC(C)C4)c4ccccc4)cc3)cc2)c1. The minimum absolute atomic E-state index is 0.527. The lowest BCUT2D eigenvalue weighted by Gasteiger charge is -2.30. The number of aryl methyl sites for hydroxylation is 1. The van der Waals surface area contributed by atoms with Crippen LogP contribution in [0.2, 0.25) is 0 Å². The molecule has 0 spiro atoms. The molecule has 5 aromatic carbocycles. The van der Waals surface area contributed by atoms with E-state index < -0.39 is 0 Å². The monoisotopic (exact) mass is 518 g/mol. The molecule has 0 fully saturated rings. The summed E-state index contributed by atoms with van der Waals surface area (Å²) in [5.41, 5.74) is 10.8. The van der Waals surface area contributed by atoms with Gasteiger partial charge in [0.25, 0.3) is 0 Å². The maximum absolute atomic E-state index is 2.38. The van der Waals surface area contributed by atoms with Gasteiger partial charge < -0.3 is 9.80 Å². The summed E-state index contributed by atoms with van der Waals surface area (Å²) in [6.07, 6.45) is 7.72. The molecule has 0 saturated heterocycles. The fourth-order valence-corrected chi connectivity index (χ4v) is 5.44. The number of rotatable bonds is 7. The molecular weight excluding hydrogens is 484 g/mol. The summed E-state index contributed by atoms with van der Waals surface area (Å²) < 4.78 is 0. The molecule has 1 aliphatic rings. The average molecular weight is 519 g/mol. The molecule has 2 heteroatoms. The molecule has 0 aliphatic heterocycles. The van der Waals surface area contributed by atoms with Crippen LogP contribution >= 0.6 is 0 Å². The lowest BCUT2D eigenvalue weighted by atomic mass is 9.98. The molecule has 6 rings (SSSR count). The van der Waals surface area contributed by atoms with Crippen molar-refractivity contribution in [2.45, 2.75) is 20.3 Å². The minimum atomic E-state index is 0.527. The molecule has 0 bridgehead atoms.